The molecule has 55 heavy (non-hydrogen) atoms. The molecule has 0 radical (unpaired) electrons. The number of piperazine rings is 1. The van der Waals surface area contributed by atoms with E-state index >= 15 is 13.2 Å². The van der Waals surface area contributed by atoms with E-state index in [4.69, 9.17) is 36.6 Å². The molecule has 2 aromatic heterocycles. The number of aromatic nitrogens is 3. The number of hydrogen-bond donors (Lipinski definition) is 1. The Labute approximate surface area is 318 Å². The summed E-state index contributed by atoms with van der Waals surface area (Å²) < 4.78 is 62.4. The zero-order valence-corrected chi connectivity index (χ0v) is 31.9. The standard InChI is InChI=1S/C42H46F3N7O3/c1-7-26-28(43)11-10-24-18-25(46)19-27(30(24)26)34-32(44)35-31-33(47-34)22(2)23(3)36-29-12-15-42(45,52(29)39(53)55-40(4,5)6)20-51(36)37(31)49-38(48-35)54-21-41-13-8-16-50(41)17-9-14-41/h1,10-11,18-19,22-23,29,36H,8-9,12-17,20-21,46H2,2-6H3/t22-,23+,29+,36+,42-/m1/s1. The van der Waals surface area contributed by atoms with Crippen molar-refractivity contribution in [3.8, 4) is 29.6 Å². The molecule has 0 saturated carbocycles. The van der Waals surface area contributed by atoms with Gasteiger partial charge in [0.05, 0.1) is 40.8 Å². The smallest absolute Gasteiger partial charge is 0.413 e. The molecule has 0 aliphatic carbocycles. The predicted octanol–water partition coefficient (Wildman–Crippen LogP) is 7.70. The molecule has 5 aliphatic rings. The van der Waals surface area contributed by atoms with Crippen LogP contribution in [0.25, 0.3) is 32.9 Å². The van der Waals surface area contributed by atoms with Crippen LogP contribution in [0.3, 0.4) is 0 Å². The molecule has 4 aromatic rings. The van der Waals surface area contributed by atoms with E-state index in [-0.39, 0.29) is 58.7 Å². The molecule has 2 bridgehead atoms. The van der Waals surface area contributed by atoms with E-state index < -0.39 is 41.2 Å². The van der Waals surface area contributed by atoms with Crippen LogP contribution < -0.4 is 15.4 Å². The first-order chi connectivity index (χ1) is 26.1. The zero-order valence-electron chi connectivity index (χ0n) is 31.9. The fourth-order valence-corrected chi connectivity index (χ4v) is 10.4. The number of fused-ring (bicyclic) bond motifs is 7. The predicted molar refractivity (Wildman–Crippen MR) is 204 cm³/mol. The second-order valence-electron chi connectivity index (χ2n) is 17.3. The van der Waals surface area contributed by atoms with Gasteiger partial charge in [-0.2, -0.15) is 9.97 Å². The van der Waals surface area contributed by atoms with Crippen molar-refractivity contribution >= 4 is 39.3 Å². The number of nitrogens with two attached hydrogens (primary N) is 1. The van der Waals surface area contributed by atoms with E-state index in [1.165, 1.54) is 11.0 Å². The number of carbonyl (C=O) groups excluding carboxylic acids is 1. The number of nitrogen functional groups attached to an aromatic ring is 1. The number of ether oxygens (including phenoxy) is 2. The van der Waals surface area contributed by atoms with Gasteiger partial charge in [0, 0.05) is 29.0 Å². The number of terminal acetylenes is 1. The van der Waals surface area contributed by atoms with Gasteiger partial charge in [-0.05, 0) is 95.5 Å². The maximum Gasteiger partial charge on any atom is 0.413 e. The van der Waals surface area contributed by atoms with Crippen molar-refractivity contribution in [3.63, 3.8) is 0 Å². The molecule has 288 valence electrons. The summed E-state index contributed by atoms with van der Waals surface area (Å²) in [7, 11) is 0. The van der Waals surface area contributed by atoms with Crippen LogP contribution in [0.15, 0.2) is 24.3 Å². The Morgan fingerprint density at radius 3 is 2.53 bits per heavy atom. The Morgan fingerprint density at radius 2 is 1.82 bits per heavy atom. The van der Waals surface area contributed by atoms with Crippen molar-refractivity contribution in [1.29, 1.82) is 0 Å². The molecule has 9 rings (SSSR count). The first-order valence-electron chi connectivity index (χ1n) is 19.4. The maximum absolute atomic E-state index is 17.6. The molecule has 4 saturated heterocycles. The molecule has 0 unspecified atom stereocenters. The van der Waals surface area contributed by atoms with Gasteiger partial charge in [-0.15, -0.1) is 6.42 Å². The SMILES string of the molecule is C#Cc1c(F)ccc2cc(N)cc(-c3nc4c5c(nc(OCC67CCCN6CCC7)nc5c3F)N3C[C@@]5(F)CC[C@@H]([C@@H]3[C@@H](C)[C@H]4C)N5C(=O)OC(C)(C)C)c12. The van der Waals surface area contributed by atoms with E-state index in [1.54, 1.807) is 39.0 Å². The van der Waals surface area contributed by atoms with Crippen LogP contribution in [-0.4, -0.2) is 86.1 Å². The molecule has 10 nitrogen and oxygen atoms in total. The Hall–Kier alpha value is -4.83. The lowest BCUT2D eigenvalue weighted by Gasteiger charge is -2.51. The highest BCUT2D eigenvalue weighted by Crippen LogP contribution is 2.53. The summed E-state index contributed by atoms with van der Waals surface area (Å²) >= 11 is 0. The van der Waals surface area contributed by atoms with E-state index in [1.807, 2.05) is 18.7 Å². The summed E-state index contributed by atoms with van der Waals surface area (Å²) in [5.41, 5.74) is 6.27. The van der Waals surface area contributed by atoms with E-state index in [9.17, 15) is 4.79 Å². The quantitative estimate of drug-likeness (QED) is 0.127. The van der Waals surface area contributed by atoms with Crippen molar-refractivity contribution < 1.29 is 27.4 Å². The van der Waals surface area contributed by atoms with Gasteiger partial charge in [-0.25, -0.2) is 22.9 Å². The Balaban J connectivity index is 1.27. The molecule has 0 spiro atoms. The number of halogens is 3. The topological polar surface area (TPSA) is 110 Å². The molecule has 13 heteroatoms. The lowest BCUT2D eigenvalue weighted by atomic mass is 9.81. The maximum atomic E-state index is 17.6. The summed E-state index contributed by atoms with van der Waals surface area (Å²) in [5.74, 6) is -1.32. The Morgan fingerprint density at radius 1 is 1.07 bits per heavy atom. The third kappa shape index (κ3) is 5.41. The number of benzene rings is 2. The van der Waals surface area contributed by atoms with Gasteiger partial charge < -0.3 is 20.1 Å². The average Bonchev–Trinajstić information content (AvgIpc) is 3.77. The summed E-state index contributed by atoms with van der Waals surface area (Å²) in [6.07, 6.45) is 9.75. The van der Waals surface area contributed by atoms with Gasteiger partial charge >= 0.3 is 12.1 Å². The van der Waals surface area contributed by atoms with Crippen LogP contribution in [0, 0.1) is 29.9 Å². The third-order valence-corrected chi connectivity index (χ3v) is 12.9. The summed E-state index contributed by atoms with van der Waals surface area (Å²) in [4.78, 5) is 34.2. The van der Waals surface area contributed by atoms with E-state index in [0.717, 1.165) is 38.8 Å². The van der Waals surface area contributed by atoms with Crippen molar-refractivity contribution in [3.05, 3.63) is 47.2 Å². The van der Waals surface area contributed by atoms with Crippen molar-refractivity contribution in [2.75, 3.05) is 36.9 Å². The molecule has 5 atom stereocenters. The molecule has 2 aromatic carbocycles. The normalized spacial score (nSPS) is 26.9. The monoisotopic (exact) mass is 753 g/mol. The second kappa shape index (κ2) is 12.3. The minimum absolute atomic E-state index is 0.0267. The number of alkyl halides is 1. The van der Waals surface area contributed by atoms with E-state index in [2.05, 4.69) is 10.8 Å². The minimum atomic E-state index is -2.06. The van der Waals surface area contributed by atoms with Crippen molar-refractivity contribution in [2.45, 2.75) is 108 Å². The van der Waals surface area contributed by atoms with Gasteiger partial charge in [0.1, 0.15) is 35.1 Å². The molecule has 1 amide bonds. The first kappa shape index (κ1) is 35.8. The van der Waals surface area contributed by atoms with E-state index in [0.29, 0.717) is 46.4 Å². The number of anilines is 2. The van der Waals surface area contributed by atoms with Gasteiger partial charge in [-0.1, -0.05) is 25.8 Å². The lowest BCUT2D eigenvalue weighted by Crippen LogP contribution is -2.68. The molecule has 4 fully saturated rings. The summed E-state index contributed by atoms with van der Waals surface area (Å²) in [6, 6.07) is 5.01. The van der Waals surface area contributed by atoms with Crippen molar-refractivity contribution in [2.24, 2.45) is 5.92 Å². The van der Waals surface area contributed by atoms with Gasteiger partial charge in [0.2, 0.25) is 5.79 Å². The fraction of sp³-hybridized carbons (Fsp3) is 0.524. The molecule has 5 aliphatic heterocycles. The van der Waals surface area contributed by atoms with Crippen LogP contribution in [0.2, 0.25) is 0 Å². The number of pyridine rings is 1. The Kier molecular flexibility index (Phi) is 8.04. The van der Waals surface area contributed by atoms with Gasteiger partial charge in [0.25, 0.3) is 0 Å². The van der Waals surface area contributed by atoms with Crippen LogP contribution >= 0.6 is 0 Å². The number of carbonyl (C=O) groups is 1. The van der Waals surface area contributed by atoms with Crippen LogP contribution in [0.5, 0.6) is 6.01 Å². The summed E-state index contributed by atoms with van der Waals surface area (Å²) in [5, 5.41) is 1.19. The fourth-order valence-electron chi connectivity index (χ4n) is 10.4. The van der Waals surface area contributed by atoms with Crippen LogP contribution in [0.4, 0.5) is 29.5 Å². The number of amides is 1. The number of hydrogen-bond acceptors (Lipinski definition) is 9. The lowest BCUT2D eigenvalue weighted by molar-refractivity contribution is -0.0619. The average molecular weight is 754 g/mol. The highest BCUT2D eigenvalue weighted by molar-refractivity contribution is 6.04. The molecular formula is C42H46F3N7O3. The van der Waals surface area contributed by atoms with Crippen LogP contribution in [-0.2, 0) is 4.74 Å². The highest BCUT2D eigenvalue weighted by Gasteiger charge is 2.62. The molecular weight excluding hydrogens is 708 g/mol. The van der Waals surface area contributed by atoms with Gasteiger partial charge in [0.15, 0.2) is 5.82 Å². The third-order valence-electron chi connectivity index (χ3n) is 12.9. The Bertz CT molecular complexity index is 2310. The van der Waals surface area contributed by atoms with Crippen molar-refractivity contribution in [1.82, 2.24) is 24.8 Å². The molecule has 7 heterocycles. The number of nitrogens with zero attached hydrogens (tertiary/aromatic N) is 6. The highest BCUT2D eigenvalue weighted by atomic mass is 19.1. The zero-order chi connectivity index (χ0) is 38.8. The first-order valence-corrected chi connectivity index (χ1v) is 19.4. The summed E-state index contributed by atoms with van der Waals surface area (Å²) in [6.45, 7) is 11.4. The molecule has 2 N–H and O–H groups in total. The van der Waals surface area contributed by atoms with Crippen LogP contribution in [0.1, 0.15) is 90.3 Å². The van der Waals surface area contributed by atoms with Gasteiger partial charge in [-0.3, -0.25) is 9.80 Å². The number of rotatable bonds is 4. The minimum Gasteiger partial charge on any atom is -0.461 e. The largest absolute Gasteiger partial charge is 0.461 e. The second-order valence-corrected chi connectivity index (χ2v) is 17.3.